The van der Waals surface area contributed by atoms with E-state index in [1.54, 1.807) is 0 Å². The number of anilines is 1. The topological polar surface area (TPSA) is 29.1 Å². The molecule has 0 bridgehead atoms. The molecule has 0 radical (unpaired) electrons. The average molecular weight is 300 g/mol. The van der Waals surface area contributed by atoms with Gasteiger partial charge in [-0.3, -0.25) is 4.79 Å². The first-order chi connectivity index (χ1) is 10.1. The van der Waals surface area contributed by atoms with Crippen molar-refractivity contribution in [3.05, 3.63) is 65.2 Å². The fourth-order valence-corrected chi connectivity index (χ4v) is 3.13. The molecule has 3 rings (SSSR count). The summed E-state index contributed by atoms with van der Waals surface area (Å²) >= 11 is 6.17. The quantitative estimate of drug-likeness (QED) is 0.839. The zero-order valence-electron chi connectivity index (χ0n) is 12.0. The largest absolute Gasteiger partial charge is 0.326 e. The maximum absolute atomic E-state index is 12.5. The minimum atomic E-state index is -0.123. The van der Waals surface area contributed by atoms with Crippen LogP contribution in [0.4, 0.5) is 5.69 Å². The fraction of sp³-hybridized carbons (Fsp3) is 0.278. The number of carbonyl (C=O) groups is 1. The first-order valence-electron chi connectivity index (χ1n) is 7.26. The van der Waals surface area contributed by atoms with Gasteiger partial charge in [0.25, 0.3) is 0 Å². The van der Waals surface area contributed by atoms with Crippen molar-refractivity contribution in [2.45, 2.75) is 25.1 Å². The van der Waals surface area contributed by atoms with Crippen molar-refractivity contribution < 1.29 is 4.79 Å². The third-order valence-electron chi connectivity index (χ3n) is 4.07. The molecule has 108 valence electrons. The van der Waals surface area contributed by atoms with E-state index in [1.807, 2.05) is 43.3 Å². The first-order valence-corrected chi connectivity index (χ1v) is 7.69. The Bertz CT molecular complexity index is 641. The molecule has 2 aromatic rings. The lowest BCUT2D eigenvalue weighted by molar-refractivity contribution is -0.119. The molecule has 2 aromatic carbocycles. The lowest BCUT2D eigenvalue weighted by Crippen LogP contribution is -2.23. The predicted octanol–water partition coefficient (Wildman–Crippen LogP) is 4.34. The van der Waals surface area contributed by atoms with Crippen LogP contribution in [0.2, 0.25) is 0 Å². The van der Waals surface area contributed by atoms with Gasteiger partial charge in [0.2, 0.25) is 5.91 Å². The summed E-state index contributed by atoms with van der Waals surface area (Å²) in [6.45, 7) is 1.91. The van der Waals surface area contributed by atoms with Crippen LogP contribution >= 0.6 is 11.6 Å². The van der Waals surface area contributed by atoms with Gasteiger partial charge >= 0.3 is 0 Å². The van der Waals surface area contributed by atoms with Crippen LogP contribution in [0.5, 0.6) is 0 Å². The van der Waals surface area contributed by atoms with Gasteiger partial charge < -0.3 is 5.32 Å². The van der Waals surface area contributed by atoms with Crippen molar-refractivity contribution in [1.29, 1.82) is 0 Å². The Kier molecular flexibility index (Phi) is 3.98. The maximum atomic E-state index is 12.5. The normalized spacial score (nSPS) is 15.5. The molecule has 1 unspecified atom stereocenters. The van der Waals surface area contributed by atoms with Crippen molar-refractivity contribution in [2.24, 2.45) is 5.92 Å². The minimum absolute atomic E-state index is 0.0149. The Labute approximate surface area is 130 Å². The van der Waals surface area contributed by atoms with Gasteiger partial charge in [-0.05, 0) is 42.5 Å². The fourth-order valence-electron chi connectivity index (χ4n) is 2.94. The maximum Gasteiger partial charge on any atom is 0.228 e. The highest BCUT2D eigenvalue weighted by Gasteiger charge is 2.27. The summed E-state index contributed by atoms with van der Waals surface area (Å²) in [4.78, 5) is 12.5. The summed E-state index contributed by atoms with van der Waals surface area (Å²) in [5, 5.41) is 2.92. The number of amides is 1. The van der Waals surface area contributed by atoms with Crippen LogP contribution in [0.15, 0.2) is 48.5 Å². The highest BCUT2D eigenvalue weighted by Crippen LogP contribution is 2.30. The van der Waals surface area contributed by atoms with Crippen LogP contribution in [0.1, 0.15) is 29.0 Å². The molecular formula is C18H18ClNO. The molecule has 1 atom stereocenters. The Morgan fingerprint density at radius 3 is 2.29 bits per heavy atom. The molecule has 0 fully saturated rings. The van der Waals surface area contributed by atoms with Crippen LogP contribution in [0.3, 0.4) is 0 Å². The predicted molar refractivity (Wildman–Crippen MR) is 86.7 cm³/mol. The third kappa shape index (κ3) is 2.96. The molecule has 0 heterocycles. The van der Waals surface area contributed by atoms with E-state index in [1.165, 1.54) is 11.1 Å². The lowest BCUT2D eigenvalue weighted by Gasteiger charge is -2.15. The van der Waals surface area contributed by atoms with Gasteiger partial charge in [-0.15, -0.1) is 11.6 Å². The summed E-state index contributed by atoms with van der Waals surface area (Å²) in [5.74, 6) is 0.0945. The van der Waals surface area contributed by atoms with Crippen LogP contribution in [0.25, 0.3) is 0 Å². The van der Waals surface area contributed by atoms with E-state index < -0.39 is 0 Å². The summed E-state index contributed by atoms with van der Waals surface area (Å²) < 4.78 is 0. The number of fused-ring (bicyclic) bond motifs is 1. The SMILES string of the molecule is CC(Cl)c1ccccc1NC(=O)C1Cc2ccccc2C1. The number of nitrogens with one attached hydrogen (secondary N) is 1. The van der Waals surface area contributed by atoms with Gasteiger partial charge in [0.05, 0.1) is 5.38 Å². The summed E-state index contributed by atoms with van der Waals surface area (Å²) in [7, 11) is 0. The molecule has 0 aliphatic heterocycles. The summed E-state index contributed by atoms with van der Waals surface area (Å²) in [6.07, 6.45) is 1.64. The third-order valence-corrected chi connectivity index (χ3v) is 4.30. The molecule has 21 heavy (non-hydrogen) atoms. The van der Waals surface area contributed by atoms with Crippen molar-refractivity contribution in [3.8, 4) is 0 Å². The van der Waals surface area contributed by atoms with E-state index in [0.29, 0.717) is 0 Å². The van der Waals surface area contributed by atoms with Gasteiger partial charge in [-0.2, -0.15) is 0 Å². The van der Waals surface area contributed by atoms with Gasteiger partial charge in [0, 0.05) is 11.6 Å². The molecule has 0 saturated heterocycles. The number of hydrogen-bond donors (Lipinski definition) is 1. The van der Waals surface area contributed by atoms with Crippen molar-refractivity contribution >= 4 is 23.2 Å². The van der Waals surface area contributed by atoms with Crippen molar-refractivity contribution in [3.63, 3.8) is 0 Å². The van der Waals surface area contributed by atoms with Gasteiger partial charge in [-0.25, -0.2) is 0 Å². The molecule has 0 saturated carbocycles. The summed E-state index contributed by atoms with van der Waals surface area (Å²) in [6, 6.07) is 16.0. The minimum Gasteiger partial charge on any atom is -0.326 e. The number of rotatable bonds is 3. The first kappa shape index (κ1) is 14.2. The second kappa shape index (κ2) is 5.90. The van der Waals surface area contributed by atoms with E-state index in [-0.39, 0.29) is 17.2 Å². The van der Waals surface area contributed by atoms with E-state index in [4.69, 9.17) is 11.6 Å². The molecule has 1 aliphatic rings. The van der Waals surface area contributed by atoms with Crippen LogP contribution < -0.4 is 5.32 Å². The standard InChI is InChI=1S/C18H18ClNO/c1-12(19)16-8-4-5-9-17(16)20-18(21)15-10-13-6-2-3-7-14(13)11-15/h2-9,12,15H,10-11H2,1H3,(H,20,21). The molecule has 0 spiro atoms. The molecular weight excluding hydrogens is 282 g/mol. The highest BCUT2D eigenvalue weighted by atomic mass is 35.5. The molecule has 2 nitrogen and oxygen atoms in total. The second-order valence-electron chi connectivity index (χ2n) is 5.57. The number of alkyl halides is 1. The number of halogens is 1. The lowest BCUT2D eigenvalue weighted by atomic mass is 10.0. The zero-order valence-corrected chi connectivity index (χ0v) is 12.7. The average Bonchev–Trinajstić information content (AvgIpc) is 2.91. The smallest absolute Gasteiger partial charge is 0.228 e. The highest BCUT2D eigenvalue weighted by molar-refractivity contribution is 6.21. The van der Waals surface area contributed by atoms with E-state index in [0.717, 1.165) is 24.1 Å². The molecule has 3 heteroatoms. The number of hydrogen-bond acceptors (Lipinski definition) is 1. The Morgan fingerprint density at radius 2 is 1.67 bits per heavy atom. The van der Waals surface area contributed by atoms with E-state index in [9.17, 15) is 4.79 Å². The molecule has 1 amide bonds. The van der Waals surface area contributed by atoms with Crippen LogP contribution in [-0.4, -0.2) is 5.91 Å². The molecule has 0 aromatic heterocycles. The van der Waals surface area contributed by atoms with E-state index >= 15 is 0 Å². The zero-order chi connectivity index (χ0) is 14.8. The second-order valence-corrected chi connectivity index (χ2v) is 6.22. The number of benzene rings is 2. The van der Waals surface area contributed by atoms with Crippen LogP contribution in [0, 0.1) is 5.92 Å². The van der Waals surface area contributed by atoms with Crippen molar-refractivity contribution in [2.75, 3.05) is 5.32 Å². The monoisotopic (exact) mass is 299 g/mol. The van der Waals surface area contributed by atoms with Gasteiger partial charge in [-0.1, -0.05) is 42.5 Å². The number of para-hydroxylation sites is 1. The molecule has 1 aliphatic carbocycles. The Hall–Kier alpha value is -1.80. The van der Waals surface area contributed by atoms with E-state index in [2.05, 4.69) is 17.4 Å². The van der Waals surface area contributed by atoms with Gasteiger partial charge in [0.1, 0.15) is 0 Å². The van der Waals surface area contributed by atoms with Crippen molar-refractivity contribution in [1.82, 2.24) is 0 Å². The number of carbonyl (C=O) groups excluding carboxylic acids is 1. The Balaban J connectivity index is 1.74. The summed E-state index contributed by atoms with van der Waals surface area (Å²) in [5.41, 5.74) is 4.36. The molecule has 1 N–H and O–H groups in total. The Morgan fingerprint density at radius 1 is 1.10 bits per heavy atom. The van der Waals surface area contributed by atoms with Gasteiger partial charge in [0.15, 0.2) is 0 Å². The van der Waals surface area contributed by atoms with Crippen LogP contribution in [-0.2, 0) is 17.6 Å².